The average Bonchev–Trinajstić information content (AvgIpc) is 2.58. The molecule has 0 bridgehead atoms. The quantitative estimate of drug-likeness (QED) is 0.578. The monoisotopic (exact) mass is 404 g/mol. The molecule has 0 spiro atoms. The first-order valence-corrected chi connectivity index (χ1v) is 10.2. The molecule has 2 rings (SSSR count). The minimum atomic E-state index is -1.63. The Morgan fingerprint density at radius 2 is 1.59 bits per heavy atom. The van der Waals surface area contributed by atoms with Crippen LogP contribution in [0.1, 0.15) is 65.0 Å². The Balaban J connectivity index is 2.60. The highest BCUT2D eigenvalue weighted by Gasteiger charge is 2.57. The lowest BCUT2D eigenvalue weighted by Gasteiger charge is -2.44. The number of carbonyl (C=O) groups excluding carboxylic acids is 3. The van der Waals surface area contributed by atoms with Gasteiger partial charge in [-0.1, -0.05) is 31.2 Å². The maximum atomic E-state index is 13.0. The summed E-state index contributed by atoms with van der Waals surface area (Å²) >= 11 is 0. The van der Waals surface area contributed by atoms with Crippen LogP contribution in [0, 0.1) is 11.8 Å². The second-order valence-electron chi connectivity index (χ2n) is 8.55. The van der Waals surface area contributed by atoms with Crippen molar-refractivity contribution >= 4 is 17.7 Å². The Labute approximate surface area is 172 Å². The first-order valence-electron chi connectivity index (χ1n) is 10.2. The van der Waals surface area contributed by atoms with Gasteiger partial charge in [0.2, 0.25) is 0 Å². The van der Waals surface area contributed by atoms with Gasteiger partial charge in [0.05, 0.1) is 23.7 Å². The summed E-state index contributed by atoms with van der Waals surface area (Å²) in [6.07, 6.45) is -0.270. The summed E-state index contributed by atoms with van der Waals surface area (Å²) in [6.45, 7) is 10.3. The predicted molar refractivity (Wildman–Crippen MR) is 108 cm³/mol. The zero-order valence-electron chi connectivity index (χ0n) is 18.1. The van der Waals surface area contributed by atoms with Crippen molar-refractivity contribution in [1.82, 2.24) is 0 Å². The topological polar surface area (TPSA) is 89.9 Å². The molecule has 6 heteroatoms. The molecule has 0 saturated heterocycles. The largest absolute Gasteiger partial charge is 0.463 e. The van der Waals surface area contributed by atoms with E-state index in [4.69, 9.17) is 9.47 Å². The molecule has 1 saturated carbocycles. The molecule has 160 valence electrons. The molecule has 1 aliphatic carbocycles. The Morgan fingerprint density at radius 1 is 1.07 bits per heavy atom. The highest BCUT2D eigenvalue weighted by atomic mass is 16.5. The second kappa shape index (κ2) is 9.08. The molecular weight excluding hydrogens is 372 g/mol. The van der Waals surface area contributed by atoms with Crippen molar-refractivity contribution in [2.45, 2.75) is 78.1 Å². The van der Waals surface area contributed by atoms with Gasteiger partial charge in [0.15, 0.2) is 5.78 Å². The molecule has 0 amide bonds. The molecule has 1 aromatic carbocycles. The van der Waals surface area contributed by atoms with Crippen molar-refractivity contribution in [3.8, 4) is 0 Å². The molecule has 0 aliphatic heterocycles. The van der Waals surface area contributed by atoms with Crippen LogP contribution >= 0.6 is 0 Å². The Hall–Kier alpha value is -2.21. The van der Waals surface area contributed by atoms with Gasteiger partial charge in [-0.15, -0.1) is 0 Å². The smallest absolute Gasteiger partial charge is 0.317 e. The van der Waals surface area contributed by atoms with Crippen LogP contribution in [0.4, 0.5) is 0 Å². The van der Waals surface area contributed by atoms with E-state index in [-0.39, 0.29) is 12.5 Å². The summed E-state index contributed by atoms with van der Waals surface area (Å²) in [7, 11) is 0. The van der Waals surface area contributed by atoms with Crippen LogP contribution in [0.2, 0.25) is 0 Å². The maximum absolute atomic E-state index is 13.0. The highest BCUT2D eigenvalue weighted by molar-refractivity contribution is 6.02. The van der Waals surface area contributed by atoms with Crippen molar-refractivity contribution < 1.29 is 29.0 Å². The summed E-state index contributed by atoms with van der Waals surface area (Å²) < 4.78 is 10.7. The average molecular weight is 405 g/mol. The number of benzene rings is 1. The third-order valence-corrected chi connectivity index (χ3v) is 5.25. The maximum Gasteiger partial charge on any atom is 0.317 e. The fourth-order valence-corrected chi connectivity index (χ4v) is 4.00. The predicted octanol–water partition coefficient (Wildman–Crippen LogP) is 3.19. The molecular formula is C23H32O6. The number of ketones is 1. The van der Waals surface area contributed by atoms with Crippen LogP contribution in [-0.4, -0.2) is 40.6 Å². The molecule has 0 unspecified atom stereocenters. The lowest BCUT2D eigenvalue weighted by atomic mass is 9.61. The van der Waals surface area contributed by atoms with E-state index in [9.17, 15) is 19.5 Å². The molecule has 0 aromatic heterocycles. The molecule has 0 heterocycles. The normalized spacial score (nSPS) is 27.2. The summed E-state index contributed by atoms with van der Waals surface area (Å²) in [6, 6.07) is 7.42. The van der Waals surface area contributed by atoms with E-state index in [1.807, 2.05) is 31.2 Å². The van der Waals surface area contributed by atoms with Crippen LogP contribution in [0.5, 0.6) is 0 Å². The van der Waals surface area contributed by atoms with Gasteiger partial charge in [-0.25, -0.2) is 0 Å². The lowest BCUT2D eigenvalue weighted by Crippen LogP contribution is -2.55. The van der Waals surface area contributed by atoms with Crippen molar-refractivity contribution in [1.29, 1.82) is 0 Å². The molecule has 0 radical (unpaired) electrons. The van der Waals surface area contributed by atoms with E-state index in [0.29, 0.717) is 5.56 Å². The van der Waals surface area contributed by atoms with Gasteiger partial charge in [-0.2, -0.15) is 0 Å². The number of aryl methyl sites for hydroxylation is 1. The Bertz CT molecular complexity index is 739. The molecule has 1 fully saturated rings. The molecule has 1 aliphatic rings. The number of Topliss-reactive ketones (excluding diaryl/α,β-unsaturated/α-hetero) is 1. The zero-order valence-corrected chi connectivity index (χ0v) is 18.1. The fourth-order valence-electron chi connectivity index (χ4n) is 4.00. The number of hydrogen-bond acceptors (Lipinski definition) is 6. The highest BCUT2D eigenvalue weighted by Crippen LogP contribution is 2.47. The number of esters is 2. The summed E-state index contributed by atoms with van der Waals surface area (Å²) in [5.41, 5.74) is 0.0865. The van der Waals surface area contributed by atoms with E-state index in [1.54, 1.807) is 27.7 Å². The van der Waals surface area contributed by atoms with Gasteiger partial charge in [-0.05, 0) is 52.2 Å². The number of ether oxygens (including phenoxy) is 2. The van der Waals surface area contributed by atoms with Crippen molar-refractivity contribution in [2.75, 3.05) is 0 Å². The van der Waals surface area contributed by atoms with Crippen molar-refractivity contribution in [2.24, 2.45) is 11.8 Å². The standard InChI is InChI=1S/C23H32O6/c1-7-15-8-10-16(11-9-15)18-19(21(25)28-13(2)3)17(24)12-23(6,27)20(18)22(26)29-14(4)5/h8-11,13-14,18-20,27H,7,12H2,1-6H3/t18-,19-,20+,23-/m1/s1. The summed E-state index contributed by atoms with van der Waals surface area (Å²) in [4.78, 5) is 38.7. The molecule has 1 N–H and O–H groups in total. The molecule has 4 atom stereocenters. The minimum Gasteiger partial charge on any atom is -0.463 e. The van der Waals surface area contributed by atoms with E-state index < -0.39 is 47.2 Å². The van der Waals surface area contributed by atoms with Crippen LogP contribution in [0.3, 0.4) is 0 Å². The summed E-state index contributed by atoms with van der Waals surface area (Å²) in [5, 5.41) is 11.0. The molecule has 29 heavy (non-hydrogen) atoms. The van der Waals surface area contributed by atoms with E-state index >= 15 is 0 Å². The van der Waals surface area contributed by atoms with Crippen LogP contribution in [-0.2, 0) is 30.3 Å². The first kappa shape index (κ1) is 23.1. The third-order valence-electron chi connectivity index (χ3n) is 5.25. The van der Waals surface area contributed by atoms with Gasteiger partial charge in [0, 0.05) is 12.3 Å². The lowest BCUT2D eigenvalue weighted by molar-refractivity contribution is -0.176. The molecule has 6 nitrogen and oxygen atoms in total. The Morgan fingerprint density at radius 3 is 2.07 bits per heavy atom. The van der Waals surface area contributed by atoms with Gasteiger partial charge < -0.3 is 14.6 Å². The summed E-state index contributed by atoms with van der Waals surface area (Å²) in [5.74, 6) is -4.83. The molecule has 1 aromatic rings. The number of hydrogen-bond donors (Lipinski definition) is 1. The number of aliphatic hydroxyl groups is 1. The van der Waals surface area contributed by atoms with Crippen LogP contribution < -0.4 is 0 Å². The van der Waals surface area contributed by atoms with Gasteiger partial charge in [0.25, 0.3) is 0 Å². The SMILES string of the molecule is CCc1ccc([C@@H]2[C@H](C(=O)OC(C)C)C(=O)C[C@@](C)(O)[C@@H]2C(=O)OC(C)C)cc1. The zero-order chi connectivity index (χ0) is 21.9. The second-order valence-corrected chi connectivity index (χ2v) is 8.55. The van der Waals surface area contributed by atoms with Crippen molar-refractivity contribution in [3.05, 3.63) is 35.4 Å². The number of carbonyl (C=O) groups is 3. The van der Waals surface area contributed by atoms with E-state index in [0.717, 1.165) is 12.0 Å². The van der Waals surface area contributed by atoms with Gasteiger partial charge >= 0.3 is 11.9 Å². The third kappa shape index (κ3) is 5.24. The van der Waals surface area contributed by atoms with Gasteiger partial charge in [-0.3, -0.25) is 14.4 Å². The van der Waals surface area contributed by atoms with E-state index in [2.05, 4.69) is 0 Å². The van der Waals surface area contributed by atoms with Crippen LogP contribution in [0.25, 0.3) is 0 Å². The van der Waals surface area contributed by atoms with Crippen molar-refractivity contribution in [3.63, 3.8) is 0 Å². The van der Waals surface area contributed by atoms with E-state index in [1.165, 1.54) is 6.92 Å². The Kier molecular flexibility index (Phi) is 7.22. The van der Waals surface area contributed by atoms with Crippen LogP contribution in [0.15, 0.2) is 24.3 Å². The first-order chi connectivity index (χ1) is 13.5. The number of rotatable bonds is 6. The fraction of sp³-hybridized carbons (Fsp3) is 0.609. The van der Waals surface area contributed by atoms with Gasteiger partial charge in [0.1, 0.15) is 5.92 Å². The minimum absolute atomic E-state index is 0.313.